The maximum atomic E-state index is 10.3. The molecular formula is C10H11N2O2. The van der Waals surface area contributed by atoms with Gasteiger partial charge in [-0.2, -0.15) is 0 Å². The molecule has 1 saturated heterocycles. The molecule has 0 N–H and O–H groups in total. The second-order valence-corrected chi connectivity index (χ2v) is 3.11. The number of carbonyl (C=O) groups excluding carboxylic acids is 1. The van der Waals surface area contributed by atoms with Crippen LogP contribution in [0.15, 0.2) is 18.3 Å². The summed E-state index contributed by atoms with van der Waals surface area (Å²) in [7, 11) is 0. The van der Waals surface area contributed by atoms with Crippen LogP contribution in [0.3, 0.4) is 0 Å². The Morgan fingerprint density at radius 2 is 2.14 bits per heavy atom. The lowest BCUT2D eigenvalue weighted by Crippen LogP contribution is -2.36. The van der Waals surface area contributed by atoms with Crippen molar-refractivity contribution in [2.45, 2.75) is 0 Å². The summed E-state index contributed by atoms with van der Waals surface area (Å²) in [6.45, 7) is 3.20. The minimum absolute atomic E-state index is 0.488. The summed E-state index contributed by atoms with van der Waals surface area (Å²) in [6.07, 6.45) is 3.34. The number of rotatable bonds is 2. The van der Waals surface area contributed by atoms with Crippen molar-refractivity contribution in [2.24, 2.45) is 0 Å². The summed E-state index contributed by atoms with van der Waals surface area (Å²) >= 11 is 0. The van der Waals surface area contributed by atoms with E-state index in [1.165, 1.54) is 6.20 Å². The standard InChI is InChI=1S/C10H11N2O2/c13-8-9-1-2-10(11-7-9)12-3-5-14-6-4-12/h1-2,7H,3-6H2. The van der Waals surface area contributed by atoms with Crippen molar-refractivity contribution in [2.75, 3.05) is 31.2 Å². The van der Waals surface area contributed by atoms with Crippen molar-refractivity contribution in [1.82, 2.24) is 4.98 Å². The molecule has 0 unspecified atom stereocenters. The van der Waals surface area contributed by atoms with Gasteiger partial charge in [-0.15, -0.1) is 0 Å². The van der Waals surface area contributed by atoms with Gasteiger partial charge in [-0.05, 0) is 12.1 Å². The van der Waals surface area contributed by atoms with Crippen LogP contribution >= 0.6 is 0 Å². The van der Waals surface area contributed by atoms with Crippen LogP contribution in [-0.4, -0.2) is 37.6 Å². The number of anilines is 1. The van der Waals surface area contributed by atoms with Crippen LogP contribution in [0, 0.1) is 0 Å². The highest BCUT2D eigenvalue weighted by molar-refractivity contribution is 5.75. The molecule has 73 valence electrons. The lowest BCUT2D eigenvalue weighted by Gasteiger charge is -2.27. The minimum Gasteiger partial charge on any atom is -0.378 e. The fourth-order valence-electron chi connectivity index (χ4n) is 1.43. The highest BCUT2D eigenvalue weighted by Crippen LogP contribution is 2.11. The highest BCUT2D eigenvalue weighted by atomic mass is 16.5. The second kappa shape index (κ2) is 4.19. The molecule has 1 fully saturated rings. The molecule has 4 nitrogen and oxygen atoms in total. The Labute approximate surface area is 82.5 Å². The average Bonchev–Trinajstić information content (AvgIpc) is 2.30. The van der Waals surface area contributed by atoms with Crippen molar-refractivity contribution >= 4 is 12.1 Å². The summed E-state index contributed by atoms with van der Waals surface area (Å²) in [4.78, 5) is 16.6. The van der Waals surface area contributed by atoms with Gasteiger partial charge in [0.05, 0.1) is 13.2 Å². The van der Waals surface area contributed by atoms with Crippen LogP contribution in [0.4, 0.5) is 5.82 Å². The van der Waals surface area contributed by atoms with Crippen LogP contribution in [0.1, 0.15) is 5.56 Å². The molecule has 0 spiro atoms. The van der Waals surface area contributed by atoms with E-state index in [1.807, 2.05) is 6.07 Å². The predicted molar refractivity (Wildman–Crippen MR) is 52.1 cm³/mol. The third-order valence-electron chi connectivity index (χ3n) is 2.20. The van der Waals surface area contributed by atoms with Crippen molar-refractivity contribution in [1.29, 1.82) is 0 Å². The van der Waals surface area contributed by atoms with Gasteiger partial charge in [-0.1, -0.05) is 0 Å². The quantitative estimate of drug-likeness (QED) is 0.677. The molecular weight excluding hydrogens is 180 g/mol. The monoisotopic (exact) mass is 191 g/mol. The number of hydrogen-bond donors (Lipinski definition) is 0. The molecule has 14 heavy (non-hydrogen) atoms. The van der Waals surface area contributed by atoms with Gasteiger partial charge in [0.25, 0.3) is 0 Å². The predicted octanol–water partition coefficient (Wildman–Crippen LogP) is 0.376. The van der Waals surface area contributed by atoms with E-state index in [0.717, 1.165) is 32.1 Å². The smallest absolute Gasteiger partial charge is 0.235 e. The number of morpholine rings is 1. The number of nitrogens with zero attached hydrogens (tertiary/aromatic N) is 2. The minimum atomic E-state index is 0.488. The Hall–Kier alpha value is -1.42. The lowest BCUT2D eigenvalue weighted by atomic mass is 10.3. The summed E-state index contributed by atoms with van der Waals surface area (Å²) in [5, 5.41) is 0. The molecule has 1 aliphatic rings. The molecule has 2 rings (SSSR count). The van der Waals surface area contributed by atoms with Gasteiger partial charge in [0, 0.05) is 24.8 Å². The summed E-state index contributed by atoms with van der Waals surface area (Å²) in [5.41, 5.74) is 0.488. The molecule has 0 aliphatic carbocycles. The largest absolute Gasteiger partial charge is 0.378 e. The Morgan fingerprint density at radius 3 is 2.71 bits per heavy atom. The molecule has 1 radical (unpaired) electrons. The van der Waals surface area contributed by atoms with Crippen molar-refractivity contribution in [3.8, 4) is 0 Å². The molecule has 2 heterocycles. The van der Waals surface area contributed by atoms with Crippen LogP contribution in [0.25, 0.3) is 0 Å². The number of ether oxygens (including phenoxy) is 1. The van der Waals surface area contributed by atoms with Gasteiger partial charge in [0.15, 0.2) is 0 Å². The molecule has 1 aromatic heterocycles. The number of pyridine rings is 1. The fourth-order valence-corrected chi connectivity index (χ4v) is 1.43. The van der Waals surface area contributed by atoms with Gasteiger partial charge < -0.3 is 9.64 Å². The molecule has 0 amide bonds. The van der Waals surface area contributed by atoms with E-state index < -0.39 is 0 Å². The summed E-state index contributed by atoms with van der Waals surface area (Å²) in [5.74, 6) is 0.896. The zero-order valence-corrected chi connectivity index (χ0v) is 7.77. The highest BCUT2D eigenvalue weighted by Gasteiger charge is 2.11. The molecule has 0 aromatic carbocycles. The zero-order valence-electron chi connectivity index (χ0n) is 7.77. The van der Waals surface area contributed by atoms with E-state index in [-0.39, 0.29) is 0 Å². The normalized spacial score (nSPS) is 16.7. The van der Waals surface area contributed by atoms with E-state index in [9.17, 15) is 4.79 Å². The van der Waals surface area contributed by atoms with E-state index >= 15 is 0 Å². The summed E-state index contributed by atoms with van der Waals surface area (Å²) in [6, 6.07) is 3.57. The first-order valence-electron chi connectivity index (χ1n) is 4.57. The molecule has 1 aromatic rings. The third-order valence-corrected chi connectivity index (χ3v) is 2.20. The first-order chi connectivity index (χ1) is 6.90. The van der Waals surface area contributed by atoms with Gasteiger partial charge >= 0.3 is 0 Å². The maximum Gasteiger partial charge on any atom is 0.235 e. The molecule has 1 aliphatic heterocycles. The molecule has 0 saturated carbocycles. The second-order valence-electron chi connectivity index (χ2n) is 3.11. The molecule has 4 heteroatoms. The molecule has 0 atom stereocenters. The Balaban J connectivity index is 2.11. The van der Waals surface area contributed by atoms with Crippen molar-refractivity contribution < 1.29 is 9.53 Å². The number of aromatic nitrogens is 1. The van der Waals surface area contributed by atoms with Crippen LogP contribution < -0.4 is 4.90 Å². The van der Waals surface area contributed by atoms with E-state index in [4.69, 9.17) is 4.74 Å². The van der Waals surface area contributed by atoms with E-state index in [1.54, 1.807) is 12.4 Å². The first-order valence-corrected chi connectivity index (χ1v) is 4.57. The van der Waals surface area contributed by atoms with Crippen molar-refractivity contribution in [3.63, 3.8) is 0 Å². The van der Waals surface area contributed by atoms with Gasteiger partial charge in [-0.25, -0.2) is 4.98 Å². The topological polar surface area (TPSA) is 42.4 Å². The van der Waals surface area contributed by atoms with E-state index in [0.29, 0.717) is 5.56 Å². The Kier molecular flexibility index (Phi) is 2.74. The zero-order chi connectivity index (χ0) is 9.80. The fraction of sp³-hybridized carbons (Fsp3) is 0.400. The average molecular weight is 191 g/mol. The first kappa shape index (κ1) is 9.15. The van der Waals surface area contributed by atoms with Crippen molar-refractivity contribution in [3.05, 3.63) is 23.9 Å². The van der Waals surface area contributed by atoms with Crippen LogP contribution in [0.5, 0.6) is 0 Å². The van der Waals surface area contributed by atoms with Gasteiger partial charge in [0.2, 0.25) is 6.29 Å². The lowest BCUT2D eigenvalue weighted by molar-refractivity contribution is 0.122. The Bertz CT molecular complexity index is 304. The SMILES string of the molecule is O=[C]c1ccc(N2CCOCC2)nc1. The Morgan fingerprint density at radius 1 is 1.36 bits per heavy atom. The van der Waals surface area contributed by atoms with Crippen LogP contribution in [0.2, 0.25) is 0 Å². The number of hydrogen-bond acceptors (Lipinski definition) is 4. The summed E-state index contributed by atoms with van der Waals surface area (Å²) < 4.78 is 5.23. The molecule has 0 bridgehead atoms. The van der Waals surface area contributed by atoms with Gasteiger partial charge in [-0.3, -0.25) is 4.79 Å². The third kappa shape index (κ3) is 1.90. The maximum absolute atomic E-state index is 10.3. The van der Waals surface area contributed by atoms with E-state index in [2.05, 4.69) is 9.88 Å². The van der Waals surface area contributed by atoms with Crippen LogP contribution in [-0.2, 0) is 9.53 Å². The van der Waals surface area contributed by atoms with Gasteiger partial charge in [0.1, 0.15) is 5.82 Å².